The molecule has 78 valence electrons. The summed E-state index contributed by atoms with van der Waals surface area (Å²) in [7, 11) is 0. The fourth-order valence-corrected chi connectivity index (χ4v) is 2.43. The topological polar surface area (TPSA) is 9.23 Å². The second-order valence-corrected chi connectivity index (χ2v) is 5.70. The molecule has 1 fully saturated rings. The van der Waals surface area contributed by atoms with Crippen molar-refractivity contribution in [2.24, 2.45) is 17.8 Å². The van der Waals surface area contributed by atoms with Crippen molar-refractivity contribution in [1.82, 2.24) is 0 Å². The van der Waals surface area contributed by atoms with Crippen LogP contribution in [0.15, 0.2) is 0 Å². The zero-order valence-corrected chi connectivity index (χ0v) is 9.92. The minimum absolute atomic E-state index is 0.101. The van der Waals surface area contributed by atoms with Gasteiger partial charge in [0.1, 0.15) is 0 Å². The second kappa shape index (κ2) is 3.61. The average Bonchev–Trinajstić information content (AvgIpc) is 2.26. The molecular weight excluding hydrogens is 160 g/mol. The highest BCUT2D eigenvalue weighted by Gasteiger charge is 2.42. The van der Waals surface area contributed by atoms with Crippen LogP contribution in [0.25, 0.3) is 0 Å². The maximum atomic E-state index is 6.08. The third-order valence-corrected chi connectivity index (χ3v) is 3.12. The van der Waals surface area contributed by atoms with E-state index < -0.39 is 0 Å². The van der Waals surface area contributed by atoms with Crippen molar-refractivity contribution in [3.05, 3.63) is 0 Å². The Morgan fingerprint density at radius 3 is 1.92 bits per heavy atom. The Hall–Kier alpha value is -0.0400. The third-order valence-electron chi connectivity index (χ3n) is 3.12. The van der Waals surface area contributed by atoms with Gasteiger partial charge >= 0.3 is 0 Å². The van der Waals surface area contributed by atoms with E-state index in [4.69, 9.17) is 4.74 Å². The molecule has 0 radical (unpaired) electrons. The Balaban J connectivity index is 2.71. The summed E-state index contributed by atoms with van der Waals surface area (Å²) in [6, 6.07) is 0. The summed E-state index contributed by atoms with van der Waals surface area (Å²) in [5.41, 5.74) is 0.101. The molecule has 0 aromatic heterocycles. The molecule has 1 aliphatic heterocycles. The van der Waals surface area contributed by atoms with Crippen molar-refractivity contribution in [2.75, 3.05) is 0 Å². The molecule has 0 aliphatic carbocycles. The van der Waals surface area contributed by atoms with Gasteiger partial charge in [0, 0.05) is 0 Å². The minimum atomic E-state index is 0.101. The molecular formula is C12H24O. The van der Waals surface area contributed by atoms with Gasteiger partial charge in [0.05, 0.1) is 11.7 Å². The van der Waals surface area contributed by atoms with Crippen LogP contribution >= 0.6 is 0 Å². The molecule has 2 unspecified atom stereocenters. The van der Waals surface area contributed by atoms with Crippen LogP contribution in [0.3, 0.4) is 0 Å². The lowest BCUT2D eigenvalue weighted by Gasteiger charge is -2.25. The van der Waals surface area contributed by atoms with Crippen molar-refractivity contribution in [1.29, 1.82) is 0 Å². The Bertz CT molecular complexity index is 152. The lowest BCUT2D eigenvalue weighted by Crippen LogP contribution is -2.26. The van der Waals surface area contributed by atoms with E-state index in [0.717, 1.165) is 11.8 Å². The normalized spacial score (nSPS) is 33.2. The Kier molecular flexibility index (Phi) is 3.06. The van der Waals surface area contributed by atoms with Gasteiger partial charge in [-0.15, -0.1) is 0 Å². The number of hydrogen-bond acceptors (Lipinski definition) is 1. The quantitative estimate of drug-likeness (QED) is 0.638. The molecule has 0 aromatic carbocycles. The summed E-state index contributed by atoms with van der Waals surface area (Å²) in [4.78, 5) is 0. The lowest BCUT2D eigenvalue weighted by molar-refractivity contribution is -0.0443. The maximum absolute atomic E-state index is 6.08. The Labute approximate surface area is 82.9 Å². The molecule has 0 amide bonds. The van der Waals surface area contributed by atoms with Gasteiger partial charge in [-0.2, -0.15) is 0 Å². The van der Waals surface area contributed by atoms with E-state index in [0.29, 0.717) is 12.0 Å². The van der Waals surface area contributed by atoms with Crippen LogP contribution in [0, 0.1) is 17.8 Å². The molecule has 0 spiro atoms. The van der Waals surface area contributed by atoms with E-state index in [-0.39, 0.29) is 5.60 Å². The van der Waals surface area contributed by atoms with Crippen LogP contribution in [-0.2, 0) is 4.74 Å². The van der Waals surface area contributed by atoms with Crippen molar-refractivity contribution >= 4 is 0 Å². The summed E-state index contributed by atoms with van der Waals surface area (Å²) in [5.74, 6) is 2.14. The van der Waals surface area contributed by atoms with Crippen molar-refractivity contribution in [3.8, 4) is 0 Å². The highest BCUT2D eigenvalue weighted by molar-refractivity contribution is 4.90. The van der Waals surface area contributed by atoms with Crippen LogP contribution in [0.2, 0.25) is 0 Å². The lowest BCUT2D eigenvalue weighted by atomic mass is 9.82. The zero-order chi connectivity index (χ0) is 10.2. The fourth-order valence-electron chi connectivity index (χ4n) is 2.43. The summed E-state index contributed by atoms with van der Waals surface area (Å²) < 4.78 is 6.08. The standard InChI is InChI=1S/C12H24O/c1-8(2)10-7-12(5,6)13-11(10)9(3)4/h8-11H,7H2,1-6H3. The maximum Gasteiger partial charge on any atom is 0.0636 e. The molecule has 0 bridgehead atoms. The van der Waals surface area contributed by atoms with Crippen LogP contribution in [-0.4, -0.2) is 11.7 Å². The molecule has 1 nitrogen and oxygen atoms in total. The van der Waals surface area contributed by atoms with E-state index in [1.807, 2.05) is 0 Å². The summed E-state index contributed by atoms with van der Waals surface area (Å²) in [6.45, 7) is 13.6. The monoisotopic (exact) mass is 184 g/mol. The van der Waals surface area contributed by atoms with E-state index >= 15 is 0 Å². The molecule has 0 aromatic rings. The van der Waals surface area contributed by atoms with E-state index in [1.54, 1.807) is 0 Å². The summed E-state index contributed by atoms with van der Waals surface area (Å²) in [6.07, 6.45) is 1.68. The van der Waals surface area contributed by atoms with Gasteiger partial charge in [-0.1, -0.05) is 27.7 Å². The smallest absolute Gasteiger partial charge is 0.0636 e. The van der Waals surface area contributed by atoms with E-state index in [2.05, 4.69) is 41.5 Å². The molecule has 0 N–H and O–H groups in total. The van der Waals surface area contributed by atoms with Crippen LogP contribution < -0.4 is 0 Å². The predicted molar refractivity (Wildman–Crippen MR) is 56.7 cm³/mol. The SMILES string of the molecule is CC(C)C1CC(C)(C)OC1C(C)C. The minimum Gasteiger partial charge on any atom is -0.372 e. The molecule has 0 saturated carbocycles. The first-order chi connectivity index (χ1) is 5.83. The molecule has 1 saturated heterocycles. The van der Waals surface area contributed by atoms with Gasteiger partial charge in [0.15, 0.2) is 0 Å². The average molecular weight is 184 g/mol. The Morgan fingerprint density at radius 2 is 1.62 bits per heavy atom. The summed E-state index contributed by atoms with van der Waals surface area (Å²) in [5, 5.41) is 0. The first kappa shape index (κ1) is 11.0. The predicted octanol–water partition coefficient (Wildman–Crippen LogP) is 3.48. The number of ether oxygens (including phenoxy) is 1. The number of rotatable bonds is 2. The van der Waals surface area contributed by atoms with Gasteiger partial charge in [-0.25, -0.2) is 0 Å². The van der Waals surface area contributed by atoms with Gasteiger partial charge in [0.2, 0.25) is 0 Å². The highest BCUT2D eigenvalue weighted by atomic mass is 16.5. The van der Waals surface area contributed by atoms with Crippen molar-refractivity contribution in [2.45, 2.75) is 59.7 Å². The van der Waals surface area contributed by atoms with Crippen LogP contribution in [0.1, 0.15) is 48.0 Å². The van der Waals surface area contributed by atoms with E-state index in [9.17, 15) is 0 Å². The van der Waals surface area contributed by atoms with Crippen molar-refractivity contribution in [3.63, 3.8) is 0 Å². The highest BCUT2D eigenvalue weighted by Crippen LogP contribution is 2.41. The van der Waals surface area contributed by atoms with Crippen LogP contribution in [0.5, 0.6) is 0 Å². The summed E-state index contributed by atoms with van der Waals surface area (Å²) >= 11 is 0. The Morgan fingerprint density at radius 1 is 1.08 bits per heavy atom. The van der Waals surface area contributed by atoms with E-state index in [1.165, 1.54) is 6.42 Å². The molecule has 2 atom stereocenters. The molecule has 1 aliphatic rings. The molecule has 1 heteroatoms. The van der Waals surface area contributed by atoms with Gasteiger partial charge in [0.25, 0.3) is 0 Å². The van der Waals surface area contributed by atoms with Crippen LogP contribution in [0.4, 0.5) is 0 Å². The van der Waals surface area contributed by atoms with Crippen molar-refractivity contribution < 1.29 is 4.74 Å². The first-order valence-corrected chi connectivity index (χ1v) is 5.51. The fraction of sp³-hybridized carbons (Fsp3) is 1.00. The van der Waals surface area contributed by atoms with Gasteiger partial charge < -0.3 is 4.74 Å². The third kappa shape index (κ3) is 2.46. The molecule has 13 heavy (non-hydrogen) atoms. The zero-order valence-electron chi connectivity index (χ0n) is 9.92. The van der Waals surface area contributed by atoms with Gasteiger partial charge in [-0.3, -0.25) is 0 Å². The number of hydrogen-bond donors (Lipinski definition) is 0. The van der Waals surface area contributed by atoms with Gasteiger partial charge in [-0.05, 0) is 38.0 Å². The first-order valence-electron chi connectivity index (χ1n) is 5.51. The molecule has 1 heterocycles. The molecule has 1 rings (SSSR count). The largest absolute Gasteiger partial charge is 0.372 e. The second-order valence-electron chi connectivity index (χ2n) is 5.70.